The molecule has 144 valence electrons. The predicted octanol–water partition coefficient (Wildman–Crippen LogP) is 8.08. The molecule has 0 saturated heterocycles. The average Bonchev–Trinajstić information content (AvgIpc) is 3.17. The van der Waals surface area contributed by atoms with Crippen LogP contribution >= 0.6 is 0 Å². The smallest absolute Gasteiger partial charge is 0.143 e. The van der Waals surface area contributed by atoms with Crippen molar-refractivity contribution in [2.45, 2.75) is 19.7 Å². The third kappa shape index (κ3) is 2.47. The molecule has 0 amide bonds. The summed E-state index contributed by atoms with van der Waals surface area (Å²) in [6.45, 7) is 3.81. The van der Waals surface area contributed by atoms with Crippen LogP contribution in [0.1, 0.15) is 26.7 Å². The lowest BCUT2D eigenvalue weighted by molar-refractivity contribution is 0.673. The Morgan fingerprint density at radius 3 is 2.43 bits per heavy atom. The van der Waals surface area contributed by atoms with Gasteiger partial charge in [0.25, 0.3) is 0 Å². The van der Waals surface area contributed by atoms with Gasteiger partial charge in [-0.25, -0.2) is 0 Å². The molecule has 2 aromatic heterocycles. The molecular formula is C28H21NO. The van der Waals surface area contributed by atoms with Crippen LogP contribution in [0.5, 0.6) is 0 Å². The molecule has 0 bridgehead atoms. The van der Waals surface area contributed by atoms with Crippen LogP contribution in [0.3, 0.4) is 0 Å². The van der Waals surface area contributed by atoms with E-state index in [-0.39, 0.29) is 0 Å². The second-order valence-corrected chi connectivity index (χ2v) is 8.04. The Balaban J connectivity index is 1.81. The topological polar surface area (TPSA) is 26.0 Å². The van der Waals surface area contributed by atoms with E-state index < -0.39 is 5.89 Å². The Labute approximate surface area is 176 Å². The zero-order valence-corrected chi connectivity index (χ0v) is 16.9. The summed E-state index contributed by atoms with van der Waals surface area (Å²) in [5.41, 5.74) is 4.61. The monoisotopic (exact) mass is 388 g/mol. The van der Waals surface area contributed by atoms with Crippen LogP contribution in [0.15, 0.2) is 89.5 Å². The Morgan fingerprint density at radius 1 is 0.800 bits per heavy atom. The van der Waals surface area contributed by atoms with Gasteiger partial charge in [0.2, 0.25) is 0 Å². The maximum Gasteiger partial charge on any atom is 0.143 e. The third-order valence-corrected chi connectivity index (χ3v) is 5.98. The highest BCUT2D eigenvalue weighted by Gasteiger charge is 2.17. The van der Waals surface area contributed by atoms with Crippen LogP contribution in [0.4, 0.5) is 0 Å². The van der Waals surface area contributed by atoms with Gasteiger partial charge in [-0.2, -0.15) is 0 Å². The quantitative estimate of drug-likeness (QED) is 0.280. The molecule has 6 rings (SSSR count). The number of hydrogen-bond acceptors (Lipinski definition) is 2. The highest BCUT2D eigenvalue weighted by atomic mass is 16.3. The summed E-state index contributed by atoms with van der Waals surface area (Å²) in [5.74, 6) is -0.695. The Hall–Kier alpha value is -3.65. The van der Waals surface area contributed by atoms with Gasteiger partial charge in [0.1, 0.15) is 11.2 Å². The van der Waals surface area contributed by atoms with Gasteiger partial charge in [-0.05, 0) is 57.9 Å². The van der Waals surface area contributed by atoms with Crippen molar-refractivity contribution >= 4 is 43.5 Å². The second-order valence-electron chi connectivity index (χ2n) is 8.04. The molecule has 2 nitrogen and oxygen atoms in total. The summed E-state index contributed by atoms with van der Waals surface area (Å²) in [4.78, 5) is 4.72. The standard InChI is InChI=1S/C28H21NO/c1-17(2)18-13-14-29-25(16-18)24-15-19-7-3-4-8-20(19)22-11-12-23-21-9-5-6-10-26(21)30-28(23)27(22)24/h3-17H,1-2H3/i17D. The average molecular weight is 388 g/mol. The summed E-state index contributed by atoms with van der Waals surface area (Å²) in [6, 6.07) is 27.1. The van der Waals surface area contributed by atoms with E-state index >= 15 is 0 Å². The number of para-hydroxylation sites is 1. The Morgan fingerprint density at radius 2 is 1.57 bits per heavy atom. The first-order valence-electron chi connectivity index (χ1n) is 10.7. The van der Waals surface area contributed by atoms with Gasteiger partial charge in [-0.1, -0.05) is 62.4 Å². The number of hydrogen-bond donors (Lipinski definition) is 0. The van der Waals surface area contributed by atoms with E-state index in [1.54, 1.807) is 6.20 Å². The minimum atomic E-state index is -0.695. The van der Waals surface area contributed by atoms with E-state index in [1.165, 1.54) is 5.39 Å². The lowest BCUT2D eigenvalue weighted by Gasteiger charge is -2.13. The second kappa shape index (κ2) is 6.43. The highest BCUT2D eigenvalue weighted by molar-refractivity contribution is 6.24. The van der Waals surface area contributed by atoms with Gasteiger partial charge in [-0.3, -0.25) is 4.98 Å². The Kier molecular flexibility index (Phi) is 3.47. The molecule has 0 unspecified atom stereocenters. The predicted molar refractivity (Wildman–Crippen MR) is 126 cm³/mol. The summed E-state index contributed by atoms with van der Waals surface area (Å²) in [6.07, 6.45) is 1.81. The molecule has 0 aliphatic heterocycles. The van der Waals surface area contributed by atoms with Crippen molar-refractivity contribution in [3.63, 3.8) is 0 Å². The van der Waals surface area contributed by atoms with Crippen LogP contribution in [-0.4, -0.2) is 4.98 Å². The van der Waals surface area contributed by atoms with E-state index in [1.807, 2.05) is 44.2 Å². The fraction of sp³-hybridized carbons (Fsp3) is 0.107. The molecule has 0 N–H and O–H groups in total. The van der Waals surface area contributed by atoms with Crippen molar-refractivity contribution in [1.29, 1.82) is 0 Å². The maximum atomic E-state index is 8.48. The largest absolute Gasteiger partial charge is 0.455 e. The molecule has 0 radical (unpaired) electrons. The first kappa shape index (κ1) is 16.2. The van der Waals surface area contributed by atoms with E-state index in [4.69, 9.17) is 10.8 Å². The molecule has 4 aromatic carbocycles. The lowest BCUT2D eigenvalue weighted by Crippen LogP contribution is -1.92. The molecule has 2 heteroatoms. The number of nitrogens with zero attached hydrogens (tertiary/aromatic N) is 1. The van der Waals surface area contributed by atoms with E-state index in [9.17, 15) is 0 Å². The number of fused-ring (bicyclic) bond motifs is 7. The summed E-state index contributed by atoms with van der Waals surface area (Å²) < 4.78 is 14.9. The van der Waals surface area contributed by atoms with Gasteiger partial charge in [0.05, 0.1) is 5.69 Å². The van der Waals surface area contributed by atoms with Crippen molar-refractivity contribution in [2.75, 3.05) is 0 Å². The third-order valence-electron chi connectivity index (χ3n) is 5.98. The van der Waals surface area contributed by atoms with E-state index in [2.05, 4.69) is 48.5 Å². The van der Waals surface area contributed by atoms with Crippen molar-refractivity contribution in [3.05, 3.63) is 90.6 Å². The number of aromatic nitrogens is 1. The molecule has 0 spiro atoms. The van der Waals surface area contributed by atoms with Crippen molar-refractivity contribution in [3.8, 4) is 11.3 Å². The first-order chi connectivity index (χ1) is 15.0. The number of furan rings is 1. The summed E-state index contributed by atoms with van der Waals surface area (Å²) in [5, 5.41) is 6.80. The maximum absolute atomic E-state index is 8.48. The molecule has 30 heavy (non-hydrogen) atoms. The van der Waals surface area contributed by atoms with Crippen molar-refractivity contribution in [2.24, 2.45) is 0 Å². The van der Waals surface area contributed by atoms with Crippen LogP contribution in [0.25, 0.3) is 54.7 Å². The normalized spacial score (nSPS) is 12.8. The fourth-order valence-electron chi connectivity index (χ4n) is 4.47. The van der Waals surface area contributed by atoms with E-state index in [0.717, 1.165) is 54.9 Å². The van der Waals surface area contributed by atoms with Gasteiger partial charge < -0.3 is 4.42 Å². The number of benzene rings is 4. The minimum absolute atomic E-state index is 0.695. The Bertz CT molecular complexity index is 1620. The van der Waals surface area contributed by atoms with Crippen LogP contribution in [0, 0.1) is 0 Å². The molecule has 0 aliphatic carbocycles. The molecule has 0 saturated carbocycles. The molecular weight excluding hydrogens is 366 g/mol. The number of rotatable bonds is 2. The van der Waals surface area contributed by atoms with Gasteiger partial charge in [0, 0.05) is 29.3 Å². The van der Waals surface area contributed by atoms with Gasteiger partial charge in [0.15, 0.2) is 0 Å². The zero-order chi connectivity index (χ0) is 21.2. The molecule has 0 fully saturated rings. The van der Waals surface area contributed by atoms with Crippen LogP contribution < -0.4 is 0 Å². The fourth-order valence-corrected chi connectivity index (χ4v) is 4.47. The molecule has 6 aromatic rings. The minimum Gasteiger partial charge on any atom is -0.455 e. The SMILES string of the molecule is [2H]C(C)(C)c1ccnc(-c2cc3ccccc3c3ccc4c5ccccc5oc4c23)c1. The van der Waals surface area contributed by atoms with Crippen molar-refractivity contribution < 1.29 is 5.79 Å². The van der Waals surface area contributed by atoms with Crippen LogP contribution in [-0.2, 0) is 0 Å². The van der Waals surface area contributed by atoms with Crippen LogP contribution in [0.2, 0.25) is 0 Å². The molecule has 0 atom stereocenters. The van der Waals surface area contributed by atoms with Gasteiger partial charge in [-0.15, -0.1) is 0 Å². The highest BCUT2D eigenvalue weighted by Crippen LogP contribution is 2.41. The summed E-state index contributed by atoms with van der Waals surface area (Å²) >= 11 is 0. The number of pyridine rings is 1. The zero-order valence-electron chi connectivity index (χ0n) is 17.9. The molecule has 2 heterocycles. The van der Waals surface area contributed by atoms with Gasteiger partial charge >= 0.3 is 0 Å². The lowest BCUT2D eigenvalue weighted by atomic mass is 9.92. The van der Waals surface area contributed by atoms with Crippen molar-refractivity contribution in [1.82, 2.24) is 4.98 Å². The molecule has 0 aliphatic rings. The van der Waals surface area contributed by atoms with E-state index in [0.29, 0.717) is 0 Å². The summed E-state index contributed by atoms with van der Waals surface area (Å²) in [7, 11) is 0. The first-order valence-corrected chi connectivity index (χ1v) is 10.2.